The Morgan fingerprint density at radius 1 is 1.26 bits per heavy atom. The molecule has 0 bridgehead atoms. The molecule has 0 atom stereocenters. The number of hydrogen-bond acceptors (Lipinski definition) is 2. The molecule has 1 N–H and O–H groups in total. The highest BCUT2D eigenvalue weighted by molar-refractivity contribution is 5.74. The minimum atomic E-state index is 0.00978. The number of rotatable bonds is 6. The monoisotopic (exact) mass is 318 g/mol. The van der Waals surface area contributed by atoms with Crippen molar-refractivity contribution in [2.24, 2.45) is 5.92 Å². The zero-order valence-electron chi connectivity index (χ0n) is 14.7. The predicted octanol–water partition coefficient (Wildman–Crippen LogP) is 4.20. The van der Waals surface area contributed by atoms with Crippen molar-refractivity contribution in [2.45, 2.75) is 58.5 Å². The van der Waals surface area contributed by atoms with Crippen molar-refractivity contribution >= 4 is 6.03 Å². The Bertz CT molecular complexity index is 496. The molecule has 4 nitrogen and oxygen atoms in total. The predicted molar refractivity (Wildman–Crippen MR) is 93.6 cm³/mol. The van der Waals surface area contributed by atoms with Crippen molar-refractivity contribution in [3.05, 3.63) is 29.8 Å². The molecule has 1 fully saturated rings. The largest absolute Gasteiger partial charge is 0.493 e. The Labute approximate surface area is 140 Å². The van der Waals surface area contributed by atoms with E-state index < -0.39 is 0 Å². The van der Waals surface area contributed by atoms with Crippen LogP contribution in [0.1, 0.15) is 51.5 Å². The van der Waals surface area contributed by atoms with Crippen LogP contribution in [0, 0.1) is 5.92 Å². The SMILES string of the molecule is CC(C)COc1ccccc1CNC(=O)N(C)C1CCCCC1. The maximum absolute atomic E-state index is 12.4. The molecule has 4 heteroatoms. The van der Waals surface area contributed by atoms with Crippen molar-refractivity contribution in [2.75, 3.05) is 13.7 Å². The molecular weight excluding hydrogens is 288 g/mol. The van der Waals surface area contributed by atoms with Crippen LogP contribution in [0.25, 0.3) is 0 Å². The van der Waals surface area contributed by atoms with Gasteiger partial charge in [-0.05, 0) is 24.8 Å². The van der Waals surface area contributed by atoms with E-state index >= 15 is 0 Å². The van der Waals surface area contributed by atoms with Gasteiger partial charge in [-0.15, -0.1) is 0 Å². The first-order chi connectivity index (χ1) is 11.1. The van der Waals surface area contributed by atoms with E-state index in [2.05, 4.69) is 19.2 Å². The summed E-state index contributed by atoms with van der Waals surface area (Å²) in [5, 5.41) is 3.03. The van der Waals surface area contributed by atoms with Crippen molar-refractivity contribution in [3.8, 4) is 5.75 Å². The summed E-state index contributed by atoms with van der Waals surface area (Å²) in [6, 6.07) is 8.32. The number of carbonyl (C=O) groups is 1. The molecule has 1 saturated carbocycles. The number of ether oxygens (including phenoxy) is 1. The van der Waals surface area contributed by atoms with Gasteiger partial charge < -0.3 is 15.0 Å². The van der Waals surface area contributed by atoms with Crippen molar-refractivity contribution in [1.29, 1.82) is 0 Å². The van der Waals surface area contributed by atoms with Gasteiger partial charge >= 0.3 is 6.03 Å². The van der Waals surface area contributed by atoms with Gasteiger partial charge in [-0.3, -0.25) is 0 Å². The van der Waals surface area contributed by atoms with Gasteiger partial charge in [0.05, 0.1) is 6.61 Å². The number of urea groups is 1. The van der Waals surface area contributed by atoms with Gasteiger partial charge in [0.25, 0.3) is 0 Å². The molecule has 0 aromatic heterocycles. The van der Waals surface area contributed by atoms with Gasteiger partial charge in [-0.25, -0.2) is 4.79 Å². The first-order valence-corrected chi connectivity index (χ1v) is 8.79. The number of nitrogens with one attached hydrogen (secondary N) is 1. The molecule has 1 aliphatic carbocycles. The maximum Gasteiger partial charge on any atom is 0.317 e. The molecule has 1 aromatic carbocycles. The van der Waals surface area contributed by atoms with E-state index in [4.69, 9.17) is 4.74 Å². The topological polar surface area (TPSA) is 41.6 Å². The second-order valence-electron chi connectivity index (χ2n) is 6.87. The summed E-state index contributed by atoms with van der Waals surface area (Å²) in [5.74, 6) is 1.34. The summed E-state index contributed by atoms with van der Waals surface area (Å²) in [6.07, 6.45) is 6.00. The summed E-state index contributed by atoms with van der Waals surface area (Å²) in [6.45, 7) is 5.45. The highest BCUT2D eigenvalue weighted by Gasteiger charge is 2.21. The van der Waals surface area contributed by atoms with Gasteiger partial charge in [0.1, 0.15) is 5.75 Å². The third-order valence-corrected chi connectivity index (χ3v) is 4.42. The van der Waals surface area contributed by atoms with E-state index in [0.29, 0.717) is 25.1 Å². The molecular formula is C19H30N2O2. The molecule has 0 aliphatic heterocycles. The van der Waals surface area contributed by atoms with Gasteiger partial charge in [0.15, 0.2) is 0 Å². The normalized spacial score (nSPS) is 15.5. The van der Waals surface area contributed by atoms with E-state index in [1.807, 2.05) is 36.2 Å². The van der Waals surface area contributed by atoms with Gasteiger partial charge in [0, 0.05) is 25.2 Å². The minimum Gasteiger partial charge on any atom is -0.493 e. The Hall–Kier alpha value is -1.71. The quantitative estimate of drug-likeness (QED) is 0.854. The number of benzene rings is 1. The molecule has 0 radical (unpaired) electrons. The lowest BCUT2D eigenvalue weighted by Crippen LogP contribution is -2.44. The van der Waals surface area contributed by atoms with E-state index in [1.165, 1.54) is 19.3 Å². The van der Waals surface area contributed by atoms with Crippen LogP contribution in [0.2, 0.25) is 0 Å². The molecule has 0 heterocycles. The lowest BCUT2D eigenvalue weighted by Gasteiger charge is -2.31. The first kappa shape index (κ1) is 17.6. The van der Waals surface area contributed by atoms with Crippen LogP contribution in [0.4, 0.5) is 4.79 Å². The minimum absolute atomic E-state index is 0.00978. The molecule has 0 unspecified atom stereocenters. The second-order valence-corrected chi connectivity index (χ2v) is 6.87. The van der Waals surface area contributed by atoms with E-state index in [9.17, 15) is 4.79 Å². The van der Waals surface area contributed by atoms with E-state index in [1.54, 1.807) is 0 Å². The Morgan fingerprint density at radius 2 is 1.96 bits per heavy atom. The third kappa shape index (κ3) is 5.45. The summed E-state index contributed by atoms with van der Waals surface area (Å²) in [4.78, 5) is 14.2. The van der Waals surface area contributed by atoms with Crippen LogP contribution >= 0.6 is 0 Å². The van der Waals surface area contributed by atoms with Crippen molar-refractivity contribution in [1.82, 2.24) is 10.2 Å². The second kappa shape index (κ2) is 8.80. The molecule has 0 spiro atoms. The lowest BCUT2D eigenvalue weighted by atomic mass is 9.95. The van der Waals surface area contributed by atoms with E-state index in [0.717, 1.165) is 24.2 Å². The van der Waals surface area contributed by atoms with Crippen LogP contribution in [0.15, 0.2) is 24.3 Å². The zero-order chi connectivity index (χ0) is 16.7. The highest BCUT2D eigenvalue weighted by Crippen LogP contribution is 2.22. The Kier molecular flexibility index (Phi) is 6.75. The van der Waals surface area contributed by atoms with Crippen LogP contribution in [0.3, 0.4) is 0 Å². The molecule has 128 valence electrons. The van der Waals surface area contributed by atoms with Crippen molar-refractivity contribution in [3.63, 3.8) is 0 Å². The molecule has 2 amide bonds. The first-order valence-electron chi connectivity index (χ1n) is 8.79. The average Bonchev–Trinajstić information content (AvgIpc) is 2.58. The number of hydrogen-bond donors (Lipinski definition) is 1. The fraction of sp³-hybridized carbons (Fsp3) is 0.632. The molecule has 23 heavy (non-hydrogen) atoms. The van der Waals surface area contributed by atoms with Crippen LogP contribution in [-0.4, -0.2) is 30.6 Å². The third-order valence-electron chi connectivity index (χ3n) is 4.42. The standard InChI is InChI=1S/C19H30N2O2/c1-15(2)14-23-18-12-8-7-9-16(18)13-20-19(22)21(3)17-10-5-4-6-11-17/h7-9,12,15,17H,4-6,10-11,13-14H2,1-3H3,(H,20,22). The maximum atomic E-state index is 12.4. The number of amides is 2. The van der Waals surface area contributed by atoms with Gasteiger partial charge in [-0.2, -0.15) is 0 Å². The number of carbonyl (C=O) groups excluding carboxylic acids is 1. The lowest BCUT2D eigenvalue weighted by molar-refractivity contribution is 0.173. The summed E-state index contributed by atoms with van der Waals surface area (Å²) in [7, 11) is 1.91. The van der Waals surface area contributed by atoms with E-state index in [-0.39, 0.29) is 6.03 Å². The van der Waals surface area contributed by atoms with Crippen molar-refractivity contribution < 1.29 is 9.53 Å². The average molecular weight is 318 g/mol. The fourth-order valence-corrected chi connectivity index (χ4v) is 2.98. The van der Waals surface area contributed by atoms with Gasteiger partial charge in [-0.1, -0.05) is 51.3 Å². The number of nitrogens with zero attached hydrogens (tertiary/aromatic N) is 1. The molecule has 1 aromatic rings. The van der Waals surface area contributed by atoms with Crippen LogP contribution in [0.5, 0.6) is 5.75 Å². The molecule has 1 aliphatic rings. The van der Waals surface area contributed by atoms with Crippen LogP contribution < -0.4 is 10.1 Å². The summed E-state index contributed by atoms with van der Waals surface area (Å²) in [5.41, 5.74) is 1.03. The highest BCUT2D eigenvalue weighted by atomic mass is 16.5. The summed E-state index contributed by atoms with van der Waals surface area (Å²) < 4.78 is 5.84. The molecule has 0 saturated heterocycles. The Morgan fingerprint density at radius 3 is 2.65 bits per heavy atom. The van der Waals surface area contributed by atoms with Crippen LogP contribution in [-0.2, 0) is 6.54 Å². The smallest absolute Gasteiger partial charge is 0.317 e. The Balaban J connectivity index is 1.88. The zero-order valence-corrected chi connectivity index (χ0v) is 14.7. The number of para-hydroxylation sites is 1. The van der Waals surface area contributed by atoms with Gasteiger partial charge in [0.2, 0.25) is 0 Å². The fourth-order valence-electron chi connectivity index (χ4n) is 2.98. The molecule has 2 rings (SSSR count). The summed E-state index contributed by atoms with van der Waals surface area (Å²) >= 11 is 0.